The standard InChI is InChI=1S/C20H19N3O2/c1-15-3-5-16(6-4-15)22-20(24)23(2)17-7-9-18(10-8-17)25-19-11-13-21-14-12-19/h3-14H,1-2H3,(H,22,24). The highest BCUT2D eigenvalue weighted by atomic mass is 16.5. The molecular formula is C20H19N3O2. The van der Waals surface area contributed by atoms with Crippen molar-refractivity contribution in [3.8, 4) is 11.5 Å². The lowest BCUT2D eigenvalue weighted by molar-refractivity contribution is 0.258. The van der Waals surface area contributed by atoms with Gasteiger partial charge >= 0.3 is 6.03 Å². The first-order valence-corrected chi connectivity index (χ1v) is 7.91. The molecule has 0 fully saturated rings. The van der Waals surface area contributed by atoms with Crippen LogP contribution in [-0.2, 0) is 0 Å². The summed E-state index contributed by atoms with van der Waals surface area (Å²) in [6.45, 7) is 2.01. The fourth-order valence-electron chi connectivity index (χ4n) is 2.24. The largest absolute Gasteiger partial charge is 0.457 e. The molecule has 1 N–H and O–H groups in total. The molecule has 0 saturated carbocycles. The van der Waals surface area contributed by atoms with E-state index in [1.54, 1.807) is 36.5 Å². The normalized spacial score (nSPS) is 10.2. The first kappa shape index (κ1) is 16.5. The van der Waals surface area contributed by atoms with Crippen LogP contribution >= 0.6 is 0 Å². The van der Waals surface area contributed by atoms with E-state index in [1.165, 1.54) is 0 Å². The molecule has 1 aromatic heterocycles. The van der Waals surface area contributed by atoms with Gasteiger partial charge in [-0.2, -0.15) is 0 Å². The van der Waals surface area contributed by atoms with Crippen molar-refractivity contribution < 1.29 is 9.53 Å². The molecular weight excluding hydrogens is 314 g/mol. The molecule has 25 heavy (non-hydrogen) atoms. The number of pyridine rings is 1. The van der Waals surface area contributed by atoms with Gasteiger partial charge < -0.3 is 10.1 Å². The number of urea groups is 1. The molecule has 2 aromatic carbocycles. The van der Waals surface area contributed by atoms with Crippen molar-refractivity contribution in [2.75, 3.05) is 17.3 Å². The molecule has 0 radical (unpaired) electrons. The number of hydrogen-bond donors (Lipinski definition) is 1. The molecule has 0 aliphatic rings. The summed E-state index contributed by atoms with van der Waals surface area (Å²) >= 11 is 0. The number of benzene rings is 2. The summed E-state index contributed by atoms with van der Waals surface area (Å²) in [7, 11) is 1.72. The van der Waals surface area contributed by atoms with Gasteiger partial charge in [0.15, 0.2) is 0 Å². The van der Waals surface area contributed by atoms with Crippen molar-refractivity contribution in [3.63, 3.8) is 0 Å². The van der Waals surface area contributed by atoms with E-state index in [0.29, 0.717) is 11.5 Å². The zero-order valence-corrected chi connectivity index (χ0v) is 14.1. The summed E-state index contributed by atoms with van der Waals surface area (Å²) in [6, 6.07) is 18.4. The molecule has 0 atom stereocenters. The molecule has 5 nitrogen and oxygen atoms in total. The second-order valence-corrected chi connectivity index (χ2v) is 5.63. The highest BCUT2D eigenvalue weighted by Gasteiger charge is 2.11. The lowest BCUT2D eigenvalue weighted by Crippen LogP contribution is -2.31. The van der Waals surface area contributed by atoms with E-state index in [4.69, 9.17) is 4.74 Å². The number of hydrogen-bond acceptors (Lipinski definition) is 3. The molecule has 0 aliphatic carbocycles. The maximum atomic E-state index is 12.4. The van der Waals surface area contributed by atoms with Gasteiger partial charge in [0, 0.05) is 30.8 Å². The monoisotopic (exact) mass is 333 g/mol. The summed E-state index contributed by atoms with van der Waals surface area (Å²) < 4.78 is 5.72. The van der Waals surface area contributed by atoms with Gasteiger partial charge in [0.05, 0.1) is 0 Å². The summed E-state index contributed by atoms with van der Waals surface area (Å²) in [5.74, 6) is 1.41. The quantitative estimate of drug-likeness (QED) is 0.742. The van der Waals surface area contributed by atoms with Crippen LogP contribution in [0.3, 0.4) is 0 Å². The third kappa shape index (κ3) is 4.35. The Bertz CT molecular complexity index is 831. The van der Waals surface area contributed by atoms with E-state index in [0.717, 1.165) is 16.9 Å². The Labute approximate surface area is 146 Å². The molecule has 0 saturated heterocycles. The number of rotatable bonds is 4. The van der Waals surface area contributed by atoms with Gasteiger partial charge in [-0.25, -0.2) is 4.79 Å². The molecule has 0 aliphatic heterocycles. The van der Waals surface area contributed by atoms with Crippen LogP contribution in [0.25, 0.3) is 0 Å². The second-order valence-electron chi connectivity index (χ2n) is 5.63. The van der Waals surface area contributed by atoms with Crippen molar-refractivity contribution in [2.45, 2.75) is 6.92 Å². The molecule has 126 valence electrons. The zero-order chi connectivity index (χ0) is 17.6. The Kier molecular flexibility index (Phi) is 4.95. The van der Waals surface area contributed by atoms with Crippen molar-refractivity contribution in [3.05, 3.63) is 78.6 Å². The highest BCUT2D eigenvalue weighted by molar-refractivity contribution is 6.01. The maximum absolute atomic E-state index is 12.4. The molecule has 0 spiro atoms. The number of anilines is 2. The maximum Gasteiger partial charge on any atom is 0.326 e. The van der Waals surface area contributed by atoms with Crippen LogP contribution in [0.1, 0.15) is 5.56 Å². The molecule has 1 heterocycles. The van der Waals surface area contributed by atoms with Crippen molar-refractivity contribution in [1.29, 1.82) is 0 Å². The van der Waals surface area contributed by atoms with Gasteiger partial charge in [0.1, 0.15) is 11.5 Å². The van der Waals surface area contributed by atoms with Gasteiger partial charge in [-0.1, -0.05) is 17.7 Å². The van der Waals surface area contributed by atoms with Gasteiger partial charge in [-0.15, -0.1) is 0 Å². The molecule has 3 aromatic rings. The number of amides is 2. The van der Waals surface area contributed by atoms with E-state index in [9.17, 15) is 4.79 Å². The molecule has 2 amide bonds. The zero-order valence-electron chi connectivity index (χ0n) is 14.1. The lowest BCUT2D eigenvalue weighted by Gasteiger charge is -2.18. The summed E-state index contributed by atoms with van der Waals surface area (Å²) in [6.07, 6.45) is 3.35. The SMILES string of the molecule is Cc1ccc(NC(=O)N(C)c2ccc(Oc3ccncc3)cc2)cc1. The first-order chi connectivity index (χ1) is 12.1. The van der Waals surface area contributed by atoms with Gasteiger partial charge in [-0.05, 0) is 55.5 Å². The third-order valence-electron chi connectivity index (χ3n) is 3.72. The van der Waals surface area contributed by atoms with Crippen LogP contribution in [0.15, 0.2) is 73.1 Å². The number of ether oxygens (including phenoxy) is 1. The average molecular weight is 333 g/mol. The van der Waals surface area contributed by atoms with E-state index < -0.39 is 0 Å². The fraction of sp³-hybridized carbons (Fsp3) is 0.100. The Hall–Kier alpha value is -3.34. The Morgan fingerprint density at radius 2 is 1.52 bits per heavy atom. The van der Waals surface area contributed by atoms with Crippen LogP contribution in [0.2, 0.25) is 0 Å². The van der Waals surface area contributed by atoms with E-state index in [-0.39, 0.29) is 6.03 Å². The average Bonchev–Trinajstić information content (AvgIpc) is 2.64. The third-order valence-corrected chi connectivity index (χ3v) is 3.72. The molecule has 3 rings (SSSR count). The number of nitrogens with zero attached hydrogens (tertiary/aromatic N) is 2. The van der Waals surface area contributed by atoms with Crippen LogP contribution in [0.4, 0.5) is 16.2 Å². The van der Waals surface area contributed by atoms with Crippen LogP contribution in [0.5, 0.6) is 11.5 Å². The fourth-order valence-corrected chi connectivity index (χ4v) is 2.24. The number of aryl methyl sites for hydroxylation is 1. The molecule has 0 unspecified atom stereocenters. The smallest absolute Gasteiger partial charge is 0.326 e. The second kappa shape index (κ2) is 7.49. The Morgan fingerprint density at radius 3 is 2.16 bits per heavy atom. The van der Waals surface area contributed by atoms with Crippen LogP contribution < -0.4 is 15.0 Å². The van der Waals surface area contributed by atoms with Gasteiger partial charge in [-0.3, -0.25) is 9.88 Å². The Morgan fingerprint density at radius 1 is 0.920 bits per heavy atom. The van der Waals surface area contributed by atoms with Crippen molar-refractivity contribution >= 4 is 17.4 Å². The van der Waals surface area contributed by atoms with E-state index >= 15 is 0 Å². The minimum atomic E-state index is -0.202. The summed E-state index contributed by atoms with van der Waals surface area (Å²) in [5.41, 5.74) is 2.68. The molecule has 0 bridgehead atoms. The van der Waals surface area contributed by atoms with E-state index in [2.05, 4.69) is 10.3 Å². The van der Waals surface area contributed by atoms with Crippen LogP contribution in [-0.4, -0.2) is 18.1 Å². The number of nitrogens with one attached hydrogen (secondary N) is 1. The van der Waals surface area contributed by atoms with Gasteiger partial charge in [0.2, 0.25) is 0 Å². The number of aromatic nitrogens is 1. The molecule has 5 heteroatoms. The summed E-state index contributed by atoms with van der Waals surface area (Å²) in [5, 5.41) is 2.87. The Balaban J connectivity index is 1.64. The number of carbonyl (C=O) groups excluding carboxylic acids is 1. The summed E-state index contributed by atoms with van der Waals surface area (Å²) in [4.78, 5) is 17.9. The topological polar surface area (TPSA) is 54.5 Å². The first-order valence-electron chi connectivity index (χ1n) is 7.91. The van der Waals surface area contributed by atoms with Gasteiger partial charge in [0.25, 0.3) is 0 Å². The predicted molar refractivity (Wildman–Crippen MR) is 99.4 cm³/mol. The lowest BCUT2D eigenvalue weighted by atomic mass is 10.2. The predicted octanol–water partition coefficient (Wildman–Crippen LogP) is 4.85. The minimum absolute atomic E-state index is 0.202. The highest BCUT2D eigenvalue weighted by Crippen LogP contribution is 2.24. The van der Waals surface area contributed by atoms with E-state index in [1.807, 2.05) is 55.5 Å². The van der Waals surface area contributed by atoms with Crippen molar-refractivity contribution in [2.24, 2.45) is 0 Å². The number of carbonyl (C=O) groups is 1. The van der Waals surface area contributed by atoms with Crippen molar-refractivity contribution in [1.82, 2.24) is 4.98 Å². The minimum Gasteiger partial charge on any atom is -0.457 e. The van der Waals surface area contributed by atoms with Crippen LogP contribution in [0, 0.1) is 6.92 Å².